The number of nitrogens with zero attached hydrogens (tertiary/aromatic N) is 3. The predicted molar refractivity (Wildman–Crippen MR) is 167 cm³/mol. The van der Waals surface area contributed by atoms with Gasteiger partial charge in [0.05, 0.1) is 31.2 Å². The van der Waals surface area contributed by atoms with Gasteiger partial charge in [-0.15, -0.1) is 0 Å². The molecule has 5 aromatic rings. The molecule has 0 fully saturated rings. The van der Waals surface area contributed by atoms with Crippen LogP contribution in [-0.4, -0.2) is 59.1 Å². The lowest BCUT2D eigenvalue weighted by Crippen LogP contribution is -2.46. The molecule has 0 saturated carbocycles. The minimum Gasteiger partial charge on any atom is -0.497 e. The molecule has 1 unspecified atom stereocenters. The summed E-state index contributed by atoms with van der Waals surface area (Å²) in [6.45, 7) is -0.471. The van der Waals surface area contributed by atoms with Crippen molar-refractivity contribution in [3.8, 4) is 11.5 Å². The van der Waals surface area contributed by atoms with Gasteiger partial charge in [-0.1, -0.05) is 36.4 Å². The maximum atomic E-state index is 14.4. The zero-order chi connectivity index (χ0) is 31.5. The summed E-state index contributed by atoms with van der Waals surface area (Å²) >= 11 is 0. The molecule has 2 aromatic heterocycles. The van der Waals surface area contributed by atoms with Gasteiger partial charge in [-0.05, 0) is 42.0 Å². The highest BCUT2D eigenvalue weighted by Gasteiger charge is 2.40. The smallest absolute Gasteiger partial charge is 0.299 e. The predicted octanol–water partition coefficient (Wildman–Crippen LogP) is 4.52. The van der Waals surface area contributed by atoms with E-state index in [4.69, 9.17) is 9.47 Å². The van der Waals surface area contributed by atoms with Gasteiger partial charge in [0.15, 0.2) is 0 Å². The number of H-pyrrole nitrogens is 1. The van der Waals surface area contributed by atoms with Gasteiger partial charge in [0, 0.05) is 47.7 Å². The average Bonchev–Trinajstić information content (AvgIpc) is 3.60. The van der Waals surface area contributed by atoms with E-state index in [1.807, 2.05) is 24.3 Å². The van der Waals surface area contributed by atoms with E-state index in [2.05, 4.69) is 15.3 Å². The van der Waals surface area contributed by atoms with Crippen molar-refractivity contribution >= 4 is 45.8 Å². The second kappa shape index (κ2) is 12.3. The maximum Gasteiger partial charge on any atom is 0.299 e. The number of hydrogen-bond donors (Lipinski definition) is 2. The molecule has 11 heteroatoms. The molecule has 1 aliphatic heterocycles. The van der Waals surface area contributed by atoms with Crippen molar-refractivity contribution in [2.24, 2.45) is 0 Å². The van der Waals surface area contributed by atoms with E-state index in [1.165, 1.54) is 19.1 Å². The number of nitrogens with one attached hydrogen (secondary N) is 2. The Morgan fingerprint density at radius 1 is 0.978 bits per heavy atom. The van der Waals surface area contributed by atoms with Crippen LogP contribution in [0, 0.1) is 0 Å². The number of carbonyl (C=O) groups excluding carboxylic acids is 4. The molecule has 0 bridgehead atoms. The second-order valence-electron chi connectivity index (χ2n) is 10.4. The fraction of sp³-hybridized carbons (Fsp3) is 0.147. The summed E-state index contributed by atoms with van der Waals surface area (Å²) in [4.78, 5) is 64.5. The fourth-order valence-corrected chi connectivity index (χ4v) is 5.52. The molecule has 1 aliphatic rings. The Morgan fingerprint density at radius 2 is 1.78 bits per heavy atom. The Labute approximate surface area is 258 Å². The van der Waals surface area contributed by atoms with Crippen molar-refractivity contribution in [2.45, 2.75) is 12.6 Å². The molecule has 1 atom stereocenters. The first-order valence-corrected chi connectivity index (χ1v) is 14.1. The second-order valence-corrected chi connectivity index (χ2v) is 10.4. The van der Waals surface area contributed by atoms with Crippen LogP contribution in [0.4, 0.5) is 11.4 Å². The van der Waals surface area contributed by atoms with Crippen LogP contribution in [0.5, 0.6) is 11.5 Å². The summed E-state index contributed by atoms with van der Waals surface area (Å²) in [6, 6.07) is 21.3. The number of anilines is 2. The van der Waals surface area contributed by atoms with E-state index in [0.29, 0.717) is 34.0 Å². The van der Waals surface area contributed by atoms with Gasteiger partial charge in [-0.25, -0.2) is 0 Å². The van der Waals surface area contributed by atoms with Gasteiger partial charge in [-0.3, -0.25) is 29.1 Å². The van der Waals surface area contributed by atoms with Crippen LogP contribution >= 0.6 is 0 Å². The summed E-state index contributed by atoms with van der Waals surface area (Å²) in [6.07, 6.45) is 4.92. The summed E-state index contributed by atoms with van der Waals surface area (Å²) in [5.74, 6) is -1.66. The number of amides is 3. The first-order chi connectivity index (χ1) is 21.9. The number of aromatic nitrogens is 2. The molecular weight excluding hydrogens is 574 g/mol. The Bertz CT molecular complexity index is 1920. The van der Waals surface area contributed by atoms with E-state index < -0.39 is 36.1 Å². The molecule has 0 spiro atoms. The van der Waals surface area contributed by atoms with Gasteiger partial charge in [-0.2, -0.15) is 0 Å². The Kier molecular flexibility index (Phi) is 7.98. The largest absolute Gasteiger partial charge is 0.497 e. The normalized spacial score (nSPS) is 13.0. The first kappa shape index (κ1) is 29.1. The third kappa shape index (κ3) is 5.58. The van der Waals surface area contributed by atoms with Gasteiger partial charge < -0.3 is 24.7 Å². The number of methoxy groups -OCH3 is 2. The van der Waals surface area contributed by atoms with Crippen molar-refractivity contribution in [3.05, 3.63) is 114 Å². The quantitative estimate of drug-likeness (QED) is 0.224. The third-order valence-corrected chi connectivity index (χ3v) is 7.71. The van der Waals surface area contributed by atoms with Crippen LogP contribution in [0.1, 0.15) is 27.5 Å². The van der Waals surface area contributed by atoms with Gasteiger partial charge in [0.2, 0.25) is 5.91 Å². The van der Waals surface area contributed by atoms with Crippen molar-refractivity contribution in [3.63, 3.8) is 0 Å². The highest BCUT2D eigenvalue weighted by atomic mass is 16.5. The van der Waals surface area contributed by atoms with Gasteiger partial charge >= 0.3 is 0 Å². The van der Waals surface area contributed by atoms with Crippen molar-refractivity contribution < 1.29 is 28.7 Å². The SMILES string of the molecule is COc1ccc(NC(=O)C(c2c[nH]c3ccccc23)N(Cc2cccnc2)C(=O)CN2C(=O)C(=O)c3ccccc32)c(OC)c1. The molecule has 2 N–H and O–H groups in total. The molecule has 3 amide bonds. The number of ether oxygens (including phenoxy) is 2. The lowest BCUT2D eigenvalue weighted by molar-refractivity contribution is -0.139. The molecule has 0 aliphatic carbocycles. The monoisotopic (exact) mass is 603 g/mol. The van der Waals surface area contributed by atoms with Crippen LogP contribution in [0.25, 0.3) is 10.9 Å². The van der Waals surface area contributed by atoms with E-state index in [1.54, 1.807) is 73.2 Å². The zero-order valence-electron chi connectivity index (χ0n) is 24.5. The van der Waals surface area contributed by atoms with Crippen LogP contribution in [0.2, 0.25) is 0 Å². The van der Waals surface area contributed by atoms with Crippen LogP contribution < -0.4 is 19.7 Å². The number of para-hydroxylation sites is 2. The molecule has 45 heavy (non-hydrogen) atoms. The topological polar surface area (TPSA) is 134 Å². The fourth-order valence-electron chi connectivity index (χ4n) is 5.52. The van der Waals surface area contributed by atoms with E-state index in [-0.39, 0.29) is 12.1 Å². The average molecular weight is 604 g/mol. The number of hydrogen-bond acceptors (Lipinski definition) is 7. The first-order valence-electron chi connectivity index (χ1n) is 14.1. The van der Waals surface area contributed by atoms with E-state index in [0.717, 1.165) is 15.8 Å². The van der Waals surface area contributed by atoms with Crippen LogP contribution in [0.3, 0.4) is 0 Å². The van der Waals surface area contributed by atoms with Gasteiger partial charge in [0.1, 0.15) is 24.1 Å². The molecule has 11 nitrogen and oxygen atoms in total. The molecule has 0 radical (unpaired) electrons. The van der Waals surface area contributed by atoms with Crippen molar-refractivity contribution in [1.29, 1.82) is 0 Å². The Balaban J connectivity index is 1.44. The van der Waals surface area contributed by atoms with Crippen LogP contribution in [-0.2, 0) is 20.9 Å². The molecule has 6 rings (SSSR count). The molecule has 3 heterocycles. The van der Waals surface area contributed by atoms with Crippen LogP contribution in [0.15, 0.2) is 97.5 Å². The molecule has 226 valence electrons. The summed E-state index contributed by atoms with van der Waals surface area (Å²) in [5.41, 5.74) is 2.92. The standard InChI is InChI=1S/C34H29N5O6/c1-44-22-13-14-27(29(16-22)45-2)37-33(42)31(25-18-36-26-11-5-3-9-23(25)26)39(19-21-8-7-15-35-17-21)30(40)20-38-28-12-6-4-10-24(28)32(41)34(38)43/h3-18,31,36H,19-20H2,1-2H3,(H,37,42). The maximum absolute atomic E-state index is 14.4. The Hall–Kier alpha value is -5.97. The summed E-state index contributed by atoms with van der Waals surface area (Å²) in [5, 5.41) is 3.67. The number of rotatable bonds is 10. The third-order valence-electron chi connectivity index (χ3n) is 7.71. The zero-order valence-corrected chi connectivity index (χ0v) is 24.5. The molecule has 3 aromatic carbocycles. The summed E-state index contributed by atoms with van der Waals surface area (Å²) in [7, 11) is 3.01. The lowest BCUT2D eigenvalue weighted by Gasteiger charge is -2.32. The number of benzene rings is 3. The van der Waals surface area contributed by atoms with E-state index >= 15 is 0 Å². The number of aromatic amines is 1. The highest BCUT2D eigenvalue weighted by molar-refractivity contribution is 6.52. The minimum atomic E-state index is -1.18. The number of pyridine rings is 1. The van der Waals surface area contributed by atoms with Crippen molar-refractivity contribution in [1.82, 2.24) is 14.9 Å². The lowest BCUT2D eigenvalue weighted by atomic mass is 10.0. The summed E-state index contributed by atoms with van der Waals surface area (Å²) < 4.78 is 10.8. The van der Waals surface area contributed by atoms with Crippen molar-refractivity contribution in [2.75, 3.05) is 31.0 Å². The number of Topliss-reactive ketones (excluding diaryl/α,β-unsaturated/α-hetero) is 1. The molecule has 0 saturated heterocycles. The van der Waals surface area contributed by atoms with Gasteiger partial charge in [0.25, 0.3) is 17.6 Å². The highest BCUT2D eigenvalue weighted by Crippen LogP contribution is 2.35. The number of carbonyl (C=O) groups is 4. The minimum absolute atomic E-state index is 0.0123. The molecular formula is C34H29N5O6. The Morgan fingerprint density at radius 3 is 2.56 bits per heavy atom. The number of fused-ring (bicyclic) bond motifs is 2. The number of ketones is 1. The van der Waals surface area contributed by atoms with E-state index in [9.17, 15) is 19.2 Å².